The number of nitrogens with one attached hydrogen (secondary N) is 3. The fraction of sp³-hybridized carbons (Fsp3) is 0.571. The van der Waals surface area contributed by atoms with Crippen LogP contribution in [0.25, 0.3) is 0 Å². The molecule has 0 radical (unpaired) electrons. The number of aromatic nitrogens is 3. The highest BCUT2D eigenvalue weighted by molar-refractivity contribution is 7.80. The van der Waals surface area contributed by atoms with Crippen molar-refractivity contribution < 1.29 is 17.2 Å². The Morgan fingerprint density at radius 3 is 2.43 bits per heavy atom. The number of aryl methyl sites for hydroxylation is 1. The van der Waals surface area contributed by atoms with Gasteiger partial charge in [0.1, 0.15) is 0 Å². The molecule has 0 saturated carbocycles. The van der Waals surface area contributed by atoms with Crippen LogP contribution in [0, 0.1) is 0 Å². The van der Waals surface area contributed by atoms with Crippen LogP contribution in [0.4, 0.5) is 0 Å². The van der Waals surface area contributed by atoms with Crippen molar-refractivity contribution in [1.29, 1.82) is 0 Å². The molecule has 0 bridgehead atoms. The first-order valence-corrected chi connectivity index (χ1v) is 15.5. The molecule has 0 fully saturated rings. The minimum absolute atomic E-state index is 0.0234. The smallest absolute Gasteiger partial charge is 0.397 e. The maximum Gasteiger partial charge on any atom is 0.397 e. The van der Waals surface area contributed by atoms with Crippen molar-refractivity contribution in [2.24, 2.45) is 5.73 Å². The Kier molecular flexibility index (Phi) is 11.4. The van der Waals surface area contributed by atoms with Crippen molar-refractivity contribution >= 4 is 10.4 Å². The van der Waals surface area contributed by atoms with E-state index in [2.05, 4.69) is 108 Å². The first-order chi connectivity index (χ1) is 19.6. The van der Waals surface area contributed by atoms with Gasteiger partial charge in [0.2, 0.25) is 0 Å². The zero-order valence-electron chi connectivity index (χ0n) is 25.6. The van der Waals surface area contributed by atoms with Crippen LogP contribution >= 0.6 is 0 Å². The Morgan fingerprint density at radius 2 is 1.81 bits per heavy atom. The van der Waals surface area contributed by atoms with Crippen molar-refractivity contribution in [1.82, 2.24) is 41.2 Å². The van der Waals surface area contributed by atoms with Crippen molar-refractivity contribution in [3.63, 3.8) is 0 Å². The topological polar surface area (TPSA) is 163 Å². The van der Waals surface area contributed by atoms with Crippen LogP contribution in [-0.4, -0.2) is 63.1 Å². The van der Waals surface area contributed by atoms with E-state index < -0.39 is 10.4 Å². The van der Waals surface area contributed by atoms with Gasteiger partial charge >= 0.3 is 10.4 Å². The monoisotopic (exact) mass is 605 g/mol. The Hall–Kier alpha value is -3.17. The van der Waals surface area contributed by atoms with E-state index in [0.717, 1.165) is 41.1 Å². The summed E-state index contributed by atoms with van der Waals surface area (Å²) in [6, 6.07) is 8.30. The third-order valence-corrected chi connectivity index (χ3v) is 6.71. The van der Waals surface area contributed by atoms with E-state index in [9.17, 15) is 8.42 Å². The number of nitrogens with zero attached hydrogens (tertiary/aromatic N) is 5. The summed E-state index contributed by atoms with van der Waals surface area (Å²) in [5, 5.41) is 14.0. The quantitative estimate of drug-likeness (QED) is 0.149. The normalized spacial score (nSPS) is 14.8. The predicted octanol–water partition coefficient (Wildman–Crippen LogP) is 2.53. The molecule has 1 aliphatic heterocycles. The third kappa shape index (κ3) is 12.4. The molecule has 3 rings (SSSR count). The lowest BCUT2D eigenvalue weighted by atomic mass is 10.1. The summed E-state index contributed by atoms with van der Waals surface area (Å²) < 4.78 is 36.1. The lowest BCUT2D eigenvalue weighted by molar-refractivity contribution is 0.257. The van der Waals surface area contributed by atoms with Gasteiger partial charge in [-0.1, -0.05) is 29.5 Å². The number of hydrogen-bond acceptors (Lipinski definition) is 11. The molecule has 1 aromatic carbocycles. The second kappa shape index (κ2) is 14.3. The van der Waals surface area contributed by atoms with Crippen LogP contribution in [0.15, 0.2) is 54.3 Å². The van der Waals surface area contributed by atoms with Gasteiger partial charge in [0.05, 0.1) is 36.3 Å². The van der Waals surface area contributed by atoms with Crippen LogP contribution in [0.3, 0.4) is 0 Å². The molecule has 13 nitrogen and oxygen atoms in total. The molecule has 2 heterocycles. The largest absolute Gasteiger partial charge is 0.400 e. The van der Waals surface area contributed by atoms with E-state index in [1.54, 1.807) is 0 Å². The first-order valence-electron chi connectivity index (χ1n) is 14.1. The fourth-order valence-corrected chi connectivity index (χ4v) is 4.44. The number of benzene rings is 1. The van der Waals surface area contributed by atoms with E-state index >= 15 is 0 Å². The van der Waals surface area contributed by atoms with Crippen molar-refractivity contribution in [2.75, 3.05) is 19.7 Å². The Balaban J connectivity index is 1.58. The predicted molar refractivity (Wildman–Crippen MR) is 162 cm³/mol. The SMILES string of the molecule is CC(C)(C)N/C=C(\N)CN(CC1=CN(Cc2ccc(CCCCOS(=O)(=O)O)cc2)NN1)Cc1cn(C(C)(C)C)nn1. The van der Waals surface area contributed by atoms with E-state index in [4.69, 9.17) is 10.3 Å². The van der Waals surface area contributed by atoms with Gasteiger partial charge in [0, 0.05) is 43.3 Å². The molecule has 0 saturated heterocycles. The molecule has 0 amide bonds. The highest BCUT2D eigenvalue weighted by atomic mass is 32.3. The standard InChI is InChI=1S/C28H47N9O4S/c1-27(2,3)30-15-24(29)17-35(19-26-21-37(34-32-26)28(4,5)6)18-25-20-36(33-31-25)16-23-12-10-22(11-13-23)9-7-8-14-41-42(38,39)40/h10-13,15,20-21,30-31,33H,7-9,14,16-19,29H2,1-6H3,(H,38,39,40)/b24-15-. The lowest BCUT2D eigenvalue weighted by Crippen LogP contribution is -2.39. The second-order valence-electron chi connectivity index (χ2n) is 12.6. The number of nitrogens with two attached hydrogens (primary N) is 1. The van der Waals surface area contributed by atoms with Crippen molar-refractivity contribution in [3.8, 4) is 0 Å². The maximum atomic E-state index is 10.6. The van der Waals surface area contributed by atoms with Gasteiger partial charge < -0.3 is 16.5 Å². The summed E-state index contributed by atoms with van der Waals surface area (Å²) in [4.78, 5) is 2.22. The molecule has 0 atom stereocenters. The van der Waals surface area contributed by atoms with Gasteiger partial charge in [0.25, 0.3) is 0 Å². The number of rotatable bonds is 15. The van der Waals surface area contributed by atoms with Gasteiger partial charge in [0.15, 0.2) is 0 Å². The summed E-state index contributed by atoms with van der Waals surface area (Å²) in [5.74, 6) is 0. The number of hydrogen-bond donors (Lipinski definition) is 5. The van der Waals surface area contributed by atoms with Crippen LogP contribution in [0.2, 0.25) is 0 Å². The highest BCUT2D eigenvalue weighted by Gasteiger charge is 2.20. The zero-order valence-corrected chi connectivity index (χ0v) is 26.4. The summed E-state index contributed by atoms with van der Waals surface area (Å²) in [5.41, 5.74) is 17.5. The average Bonchev–Trinajstić information content (AvgIpc) is 3.52. The zero-order chi connectivity index (χ0) is 31.0. The van der Waals surface area contributed by atoms with E-state index in [1.807, 2.05) is 22.1 Å². The molecular weight excluding hydrogens is 558 g/mol. The van der Waals surface area contributed by atoms with Gasteiger partial charge in [-0.2, -0.15) is 8.42 Å². The third-order valence-electron chi connectivity index (χ3n) is 6.24. The first kappa shape index (κ1) is 33.3. The molecule has 1 aliphatic rings. The Morgan fingerprint density at radius 1 is 1.12 bits per heavy atom. The van der Waals surface area contributed by atoms with E-state index in [0.29, 0.717) is 32.6 Å². The minimum Gasteiger partial charge on any atom is -0.400 e. The van der Waals surface area contributed by atoms with E-state index in [-0.39, 0.29) is 17.7 Å². The molecular formula is C28H47N9O4S. The molecule has 6 N–H and O–H groups in total. The van der Waals surface area contributed by atoms with Gasteiger partial charge in [-0.15, -0.1) is 10.6 Å². The summed E-state index contributed by atoms with van der Waals surface area (Å²) in [6.45, 7) is 14.9. The lowest BCUT2D eigenvalue weighted by Gasteiger charge is -2.24. The molecule has 2 aromatic rings. The molecule has 0 unspecified atom stereocenters. The molecule has 42 heavy (non-hydrogen) atoms. The van der Waals surface area contributed by atoms with Gasteiger partial charge in [-0.25, -0.2) is 8.86 Å². The molecule has 234 valence electrons. The molecule has 0 spiro atoms. The molecule has 14 heteroatoms. The second-order valence-corrected chi connectivity index (χ2v) is 13.7. The number of unbranched alkanes of at least 4 members (excludes halogenated alkanes) is 1. The molecule has 0 aliphatic carbocycles. The minimum atomic E-state index is -4.37. The van der Waals surface area contributed by atoms with Crippen molar-refractivity contribution in [3.05, 3.63) is 71.1 Å². The Labute approximate surface area is 250 Å². The highest BCUT2D eigenvalue weighted by Crippen LogP contribution is 2.15. The maximum absolute atomic E-state index is 10.6. The van der Waals surface area contributed by atoms with Gasteiger partial charge in [-0.05, 0) is 71.9 Å². The summed E-state index contributed by atoms with van der Waals surface area (Å²) >= 11 is 0. The van der Waals surface area contributed by atoms with Crippen LogP contribution in [0.1, 0.15) is 71.2 Å². The van der Waals surface area contributed by atoms with E-state index in [1.165, 1.54) is 0 Å². The van der Waals surface area contributed by atoms with Crippen molar-refractivity contribution in [2.45, 2.75) is 85.0 Å². The number of hydrazine groups is 2. The summed E-state index contributed by atoms with van der Waals surface area (Å²) in [7, 11) is -4.37. The van der Waals surface area contributed by atoms with Gasteiger partial charge in [-0.3, -0.25) is 14.5 Å². The van der Waals surface area contributed by atoms with Crippen LogP contribution < -0.4 is 22.0 Å². The molecule has 1 aromatic heterocycles. The average molecular weight is 606 g/mol. The van der Waals surface area contributed by atoms with Crippen LogP contribution in [0.5, 0.6) is 0 Å². The fourth-order valence-electron chi connectivity index (χ4n) is 4.11. The van der Waals surface area contributed by atoms with Crippen LogP contribution in [-0.2, 0) is 39.6 Å². The Bertz CT molecular complexity index is 1310. The summed E-state index contributed by atoms with van der Waals surface area (Å²) in [6.07, 6.45) is 8.00.